The van der Waals surface area contributed by atoms with Gasteiger partial charge in [-0.2, -0.15) is 0 Å². The molecule has 2 aliphatic rings. The monoisotopic (exact) mass is 405 g/mol. The zero-order chi connectivity index (χ0) is 20.1. The average Bonchev–Trinajstić information content (AvgIpc) is 2.49. The van der Waals surface area contributed by atoms with Crippen molar-refractivity contribution in [2.24, 2.45) is 0 Å². The SMILES string of the molecule is COC(=O)C1(/C=C\C(=O)OC(C)(C)C)C(C)=CS(=O)(=O)[C@@H]2[C@@H](Cl)C(=O)N21. The number of hydrogen-bond donors (Lipinski definition) is 0. The Bertz CT molecular complexity index is 824. The number of rotatable bonds is 3. The summed E-state index contributed by atoms with van der Waals surface area (Å²) in [7, 11) is -2.79. The Balaban J connectivity index is 2.58. The van der Waals surface area contributed by atoms with Gasteiger partial charge in [-0.3, -0.25) is 9.69 Å². The minimum atomic E-state index is -3.88. The van der Waals surface area contributed by atoms with Crippen LogP contribution >= 0.6 is 11.6 Å². The molecule has 0 radical (unpaired) electrons. The third-order valence-corrected chi connectivity index (χ3v) is 6.41. The van der Waals surface area contributed by atoms with Crippen LogP contribution in [0.4, 0.5) is 0 Å². The van der Waals surface area contributed by atoms with Gasteiger partial charge in [0.2, 0.25) is 5.91 Å². The van der Waals surface area contributed by atoms with Gasteiger partial charge in [0.1, 0.15) is 11.0 Å². The Morgan fingerprint density at radius 3 is 2.42 bits per heavy atom. The molecule has 1 amide bonds. The van der Waals surface area contributed by atoms with Crippen LogP contribution in [0.3, 0.4) is 0 Å². The van der Waals surface area contributed by atoms with E-state index in [9.17, 15) is 22.8 Å². The third kappa shape index (κ3) is 3.14. The van der Waals surface area contributed by atoms with E-state index in [-0.39, 0.29) is 5.57 Å². The molecule has 26 heavy (non-hydrogen) atoms. The summed E-state index contributed by atoms with van der Waals surface area (Å²) >= 11 is 5.86. The molecule has 0 aromatic carbocycles. The van der Waals surface area contributed by atoms with E-state index in [1.54, 1.807) is 20.8 Å². The fourth-order valence-corrected chi connectivity index (χ4v) is 5.41. The molecule has 0 bridgehead atoms. The van der Waals surface area contributed by atoms with Crippen molar-refractivity contribution >= 4 is 39.3 Å². The van der Waals surface area contributed by atoms with E-state index in [4.69, 9.17) is 21.1 Å². The molecule has 8 nitrogen and oxygen atoms in total. The largest absolute Gasteiger partial charge is 0.467 e. The summed E-state index contributed by atoms with van der Waals surface area (Å²) in [5, 5.41) is -1.85. The summed E-state index contributed by atoms with van der Waals surface area (Å²) in [6, 6.07) is 0. The Morgan fingerprint density at radius 2 is 1.92 bits per heavy atom. The number of esters is 2. The van der Waals surface area contributed by atoms with Crippen LogP contribution in [0.1, 0.15) is 27.7 Å². The summed E-state index contributed by atoms with van der Waals surface area (Å²) in [6.45, 7) is 6.36. The summed E-state index contributed by atoms with van der Waals surface area (Å²) < 4.78 is 34.6. The molecule has 0 aromatic rings. The Labute approximate surface area is 156 Å². The molecule has 0 spiro atoms. The van der Waals surface area contributed by atoms with Crippen LogP contribution in [0.15, 0.2) is 23.1 Å². The molecule has 1 fully saturated rings. The maximum atomic E-state index is 12.6. The van der Waals surface area contributed by atoms with E-state index in [2.05, 4.69) is 0 Å². The molecule has 3 atom stereocenters. The van der Waals surface area contributed by atoms with Crippen molar-refractivity contribution in [2.75, 3.05) is 7.11 Å². The lowest BCUT2D eigenvalue weighted by molar-refractivity contribution is -0.163. The van der Waals surface area contributed by atoms with E-state index in [1.807, 2.05) is 0 Å². The second kappa shape index (κ2) is 6.38. The number of fused-ring (bicyclic) bond motifs is 1. The number of ether oxygens (including phenoxy) is 2. The van der Waals surface area contributed by atoms with Crippen LogP contribution in [-0.2, 0) is 33.7 Å². The molecule has 2 heterocycles. The zero-order valence-electron chi connectivity index (χ0n) is 15.0. The Kier molecular flexibility index (Phi) is 5.02. The molecule has 1 saturated heterocycles. The quantitative estimate of drug-likeness (QED) is 0.297. The molecule has 1 unspecified atom stereocenters. The van der Waals surface area contributed by atoms with E-state index in [1.165, 1.54) is 6.92 Å². The lowest BCUT2D eigenvalue weighted by atomic mass is 9.85. The van der Waals surface area contributed by atoms with Crippen molar-refractivity contribution in [1.82, 2.24) is 4.90 Å². The first-order valence-electron chi connectivity index (χ1n) is 7.68. The van der Waals surface area contributed by atoms with E-state index < -0.39 is 49.6 Å². The van der Waals surface area contributed by atoms with Gasteiger partial charge in [0.25, 0.3) is 0 Å². The number of sulfone groups is 1. The van der Waals surface area contributed by atoms with Crippen molar-refractivity contribution in [2.45, 2.75) is 49.6 Å². The first kappa shape index (κ1) is 20.4. The molecule has 144 valence electrons. The minimum absolute atomic E-state index is 0.0114. The highest BCUT2D eigenvalue weighted by Gasteiger charge is 2.66. The van der Waals surface area contributed by atoms with Gasteiger partial charge >= 0.3 is 11.9 Å². The van der Waals surface area contributed by atoms with Gasteiger partial charge in [0.05, 0.1) is 7.11 Å². The predicted molar refractivity (Wildman–Crippen MR) is 92.7 cm³/mol. The maximum absolute atomic E-state index is 12.6. The number of methoxy groups -OCH3 is 1. The van der Waals surface area contributed by atoms with Crippen molar-refractivity contribution in [3.63, 3.8) is 0 Å². The van der Waals surface area contributed by atoms with E-state index in [0.29, 0.717) is 0 Å². The number of β-lactam (4-membered cyclic amide) rings is 1. The zero-order valence-corrected chi connectivity index (χ0v) is 16.6. The Morgan fingerprint density at radius 1 is 1.35 bits per heavy atom. The summed E-state index contributed by atoms with van der Waals surface area (Å²) in [5.74, 6) is -2.41. The molecular formula is C16H20ClNO7S. The maximum Gasteiger partial charge on any atom is 0.340 e. The summed E-state index contributed by atoms with van der Waals surface area (Å²) in [6.07, 6.45) is 2.09. The van der Waals surface area contributed by atoms with E-state index >= 15 is 0 Å². The van der Waals surface area contributed by atoms with Crippen LogP contribution in [0.2, 0.25) is 0 Å². The van der Waals surface area contributed by atoms with Crippen LogP contribution < -0.4 is 0 Å². The molecule has 0 saturated carbocycles. The average molecular weight is 406 g/mol. The summed E-state index contributed by atoms with van der Waals surface area (Å²) in [5.41, 5.74) is -2.64. The smallest absolute Gasteiger partial charge is 0.340 e. The van der Waals surface area contributed by atoms with Crippen LogP contribution in [0.25, 0.3) is 0 Å². The van der Waals surface area contributed by atoms with Crippen molar-refractivity contribution in [3.8, 4) is 0 Å². The highest BCUT2D eigenvalue weighted by Crippen LogP contribution is 2.45. The normalized spacial score (nSPS) is 30.3. The first-order valence-corrected chi connectivity index (χ1v) is 9.73. The van der Waals surface area contributed by atoms with Crippen LogP contribution in [0.5, 0.6) is 0 Å². The van der Waals surface area contributed by atoms with Gasteiger partial charge in [-0.1, -0.05) is 0 Å². The van der Waals surface area contributed by atoms with Gasteiger partial charge in [0, 0.05) is 11.5 Å². The minimum Gasteiger partial charge on any atom is -0.467 e. The Hall–Kier alpha value is -1.87. The number of carbonyl (C=O) groups is 3. The number of carbonyl (C=O) groups excluding carboxylic acids is 3. The standard InChI is InChI=1S/C16H20ClNO7S/c1-9-8-26(22,23)13-11(17)12(20)18(13)16(9,14(21)24-5)7-6-10(19)25-15(2,3)4/h6-8,11,13H,1-5H3/b7-6-/t11-,13+,16?/m0/s1. The lowest BCUT2D eigenvalue weighted by Crippen LogP contribution is -2.76. The van der Waals surface area contributed by atoms with Gasteiger partial charge in [-0.15, -0.1) is 11.6 Å². The number of amides is 1. The van der Waals surface area contributed by atoms with Gasteiger partial charge in [-0.05, 0) is 39.3 Å². The van der Waals surface area contributed by atoms with Gasteiger partial charge in [0.15, 0.2) is 20.8 Å². The fraction of sp³-hybridized carbons (Fsp3) is 0.562. The highest BCUT2D eigenvalue weighted by molar-refractivity contribution is 7.95. The van der Waals surface area contributed by atoms with E-state index in [0.717, 1.165) is 29.6 Å². The van der Waals surface area contributed by atoms with Gasteiger partial charge in [-0.25, -0.2) is 18.0 Å². The molecular weight excluding hydrogens is 386 g/mol. The third-order valence-electron chi connectivity index (χ3n) is 4.00. The molecule has 10 heteroatoms. The van der Waals surface area contributed by atoms with Crippen LogP contribution in [0, 0.1) is 0 Å². The molecule has 2 rings (SSSR count). The number of halogens is 1. The van der Waals surface area contributed by atoms with Crippen molar-refractivity contribution in [1.29, 1.82) is 0 Å². The first-order chi connectivity index (χ1) is 11.8. The van der Waals surface area contributed by atoms with Crippen LogP contribution in [-0.4, -0.2) is 60.2 Å². The second-order valence-corrected chi connectivity index (χ2v) is 9.38. The highest BCUT2D eigenvalue weighted by atomic mass is 35.5. The second-order valence-electron chi connectivity index (χ2n) is 7.02. The molecule has 2 aliphatic heterocycles. The lowest BCUT2D eigenvalue weighted by Gasteiger charge is -2.54. The van der Waals surface area contributed by atoms with Gasteiger partial charge < -0.3 is 9.47 Å². The number of alkyl halides is 1. The molecule has 0 aromatic heterocycles. The number of nitrogens with zero attached hydrogens (tertiary/aromatic N) is 1. The molecule has 0 N–H and O–H groups in total. The summed E-state index contributed by atoms with van der Waals surface area (Å²) in [4.78, 5) is 37.7. The van der Waals surface area contributed by atoms with Crippen molar-refractivity contribution < 1.29 is 32.3 Å². The topological polar surface area (TPSA) is 107 Å². The number of hydrogen-bond acceptors (Lipinski definition) is 7. The predicted octanol–water partition coefficient (Wildman–Crippen LogP) is 0.904. The fourth-order valence-electron chi connectivity index (χ4n) is 2.93. The molecule has 0 aliphatic carbocycles. The van der Waals surface area contributed by atoms with Crippen molar-refractivity contribution in [3.05, 3.63) is 23.1 Å².